The van der Waals surface area contributed by atoms with Gasteiger partial charge in [0.2, 0.25) is 0 Å². The maximum Gasteiger partial charge on any atom is 0.407 e. The van der Waals surface area contributed by atoms with Gasteiger partial charge in [-0.15, -0.1) is 11.3 Å². The molecular formula is C22H32N4O4S. The number of nitrogens with zero attached hydrogens (tertiary/aromatic N) is 3. The average molecular weight is 449 g/mol. The number of likely N-dealkylation sites (tertiary alicyclic amines) is 1. The van der Waals surface area contributed by atoms with Crippen molar-refractivity contribution in [2.45, 2.75) is 71.5 Å². The van der Waals surface area contributed by atoms with Gasteiger partial charge >= 0.3 is 6.09 Å². The smallest absolute Gasteiger partial charge is 0.407 e. The predicted molar refractivity (Wildman–Crippen MR) is 120 cm³/mol. The lowest BCUT2D eigenvalue weighted by atomic mass is 9.79. The van der Waals surface area contributed by atoms with Gasteiger partial charge in [-0.1, -0.05) is 20.8 Å². The van der Waals surface area contributed by atoms with Crippen LogP contribution in [-0.4, -0.2) is 63.6 Å². The summed E-state index contributed by atoms with van der Waals surface area (Å²) in [5.74, 6) is -0.0828. The summed E-state index contributed by atoms with van der Waals surface area (Å²) in [7, 11) is 0. The molecule has 2 unspecified atom stereocenters. The van der Waals surface area contributed by atoms with E-state index in [9.17, 15) is 14.7 Å². The van der Waals surface area contributed by atoms with Crippen LogP contribution in [0.4, 0.5) is 4.79 Å². The molecule has 4 heterocycles. The van der Waals surface area contributed by atoms with Crippen LogP contribution in [0.1, 0.15) is 67.9 Å². The van der Waals surface area contributed by atoms with Gasteiger partial charge in [0.25, 0.3) is 5.91 Å². The van der Waals surface area contributed by atoms with Crippen LogP contribution >= 0.6 is 11.3 Å². The second-order valence-corrected chi connectivity index (χ2v) is 10.8. The number of rotatable bonds is 3. The van der Waals surface area contributed by atoms with Gasteiger partial charge < -0.3 is 20.1 Å². The summed E-state index contributed by atoms with van der Waals surface area (Å²) in [5, 5.41) is 18.5. The van der Waals surface area contributed by atoms with E-state index < -0.39 is 6.09 Å². The molecule has 4 rings (SSSR count). The maximum absolute atomic E-state index is 13.1. The highest BCUT2D eigenvalue weighted by Gasteiger charge is 2.39. The molecular weight excluding hydrogens is 416 g/mol. The predicted octanol–water partition coefficient (Wildman–Crippen LogP) is 4.04. The summed E-state index contributed by atoms with van der Waals surface area (Å²) in [6.45, 7) is 10.1. The van der Waals surface area contributed by atoms with Crippen molar-refractivity contribution in [3.05, 3.63) is 16.6 Å². The van der Waals surface area contributed by atoms with E-state index >= 15 is 0 Å². The first-order valence-electron chi connectivity index (χ1n) is 11.0. The minimum absolute atomic E-state index is 0.0365. The van der Waals surface area contributed by atoms with Crippen molar-refractivity contribution in [3.8, 4) is 0 Å². The van der Waals surface area contributed by atoms with Crippen LogP contribution < -0.4 is 5.32 Å². The third-order valence-electron chi connectivity index (χ3n) is 6.51. The van der Waals surface area contributed by atoms with Gasteiger partial charge in [-0.2, -0.15) is 5.10 Å². The van der Waals surface area contributed by atoms with Crippen molar-refractivity contribution >= 4 is 33.6 Å². The number of ether oxygens (including phenoxy) is 1. The molecule has 0 spiro atoms. The van der Waals surface area contributed by atoms with Crippen molar-refractivity contribution < 1.29 is 19.4 Å². The van der Waals surface area contributed by atoms with Crippen LogP contribution in [0.5, 0.6) is 0 Å². The Hall–Kier alpha value is -2.13. The van der Waals surface area contributed by atoms with Gasteiger partial charge in [0.15, 0.2) is 0 Å². The maximum atomic E-state index is 13.1. The Morgan fingerprint density at radius 3 is 2.61 bits per heavy atom. The summed E-state index contributed by atoms with van der Waals surface area (Å²) in [6, 6.07) is 2.09. The highest BCUT2D eigenvalue weighted by molar-refractivity contribution is 7.20. The summed E-state index contributed by atoms with van der Waals surface area (Å²) in [6.07, 6.45) is 2.24. The molecule has 2 amide bonds. The Labute approximate surface area is 186 Å². The largest absolute Gasteiger partial charge is 0.465 e. The molecule has 0 aromatic carbocycles. The SMILES string of the molecule is Cc1nn(C2CCOCC2)c2sc(C(=O)NC3CCN(C(=O)O)C(C(C)(C)C)C3)cc12. The number of hydrogen-bond acceptors (Lipinski definition) is 5. The van der Waals surface area contributed by atoms with E-state index in [-0.39, 0.29) is 23.4 Å². The van der Waals surface area contributed by atoms with Gasteiger partial charge in [0.05, 0.1) is 16.6 Å². The summed E-state index contributed by atoms with van der Waals surface area (Å²) in [4.78, 5) is 28.0. The topological polar surface area (TPSA) is 96.7 Å². The lowest BCUT2D eigenvalue weighted by Crippen LogP contribution is -2.55. The number of fused-ring (bicyclic) bond motifs is 1. The third kappa shape index (κ3) is 4.43. The molecule has 2 aromatic heterocycles. The molecule has 2 aromatic rings. The molecule has 31 heavy (non-hydrogen) atoms. The number of piperidine rings is 1. The molecule has 0 aliphatic carbocycles. The van der Waals surface area contributed by atoms with Crippen LogP contribution in [0.25, 0.3) is 10.2 Å². The van der Waals surface area contributed by atoms with Crippen molar-refractivity contribution in [2.24, 2.45) is 5.41 Å². The Bertz CT molecular complexity index is 970. The molecule has 2 aliphatic heterocycles. The number of carboxylic acid groups (broad SMARTS) is 1. The van der Waals surface area contributed by atoms with Crippen molar-refractivity contribution in [1.29, 1.82) is 0 Å². The lowest BCUT2D eigenvalue weighted by molar-refractivity contribution is 0.0471. The van der Waals surface area contributed by atoms with E-state index in [2.05, 4.69) is 30.8 Å². The summed E-state index contributed by atoms with van der Waals surface area (Å²) >= 11 is 1.49. The molecule has 170 valence electrons. The molecule has 0 bridgehead atoms. The zero-order chi connectivity index (χ0) is 22.3. The Morgan fingerprint density at radius 2 is 1.97 bits per heavy atom. The number of thiophene rings is 1. The zero-order valence-corrected chi connectivity index (χ0v) is 19.5. The van der Waals surface area contributed by atoms with E-state index in [4.69, 9.17) is 9.84 Å². The molecule has 2 aliphatic rings. The number of amides is 2. The quantitative estimate of drug-likeness (QED) is 0.739. The van der Waals surface area contributed by atoms with Crippen molar-refractivity contribution in [1.82, 2.24) is 20.0 Å². The van der Waals surface area contributed by atoms with Crippen LogP contribution in [0.15, 0.2) is 6.07 Å². The highest BCUT2D eigenvalue weighted by Crippen LogP contribution is 2.34. The van der Waals surface area contributed by atoms with Crippen LogP contribution in [0.2, 0.25) is 0 Å². The molecule has 9 heteroatoms. The minimum atomic E-state index is -0.887. The molecule has 0 radical (unpaired) electrons. The number of carbonyl (C=O) groups excluding carboxylic acids is 1. The first-order chi connectivity index (χ1) is 14.6. The average Bonchev–Trinajstić information content (AvgIpc) is 3.28. The van der Waals surface area contributed by atoms with Crippen LogP contribution in [0.3, 0.4) is 0 Å². The normalized spacial score (nSPS) is 23.3. The molecule has 2 atom stereocenters. The second-order valence-electron chi connectivity index (χ2n) is 9.76. The fourth-order valence-electron chi connectivity index (χ4n) is 4.76. The molecule has 8 nitrogen and oxygen atoms in total. The number of aryl methyl sites for hydroxylation is 1. The standard InChI is InChI=1S/C22H32N4O4S/c1-13-16-12-17(31-20(16)26(24-13)15-6-9-30-10-7-15)19(27)23-14-5-8-25(21(28)29)18(11-14)22(2,3)4/h12,14-15,18H,5-11H2,1-4H3,(H,23,27)(H,28,29). The van der Waals surface area contributed by atoms with E-state index in [1.165, 1.54) is 16.2 Å². The number of nitrogens with one attached hydrogen (secondary N) is 1. The van der Waals surface area contributed by atoms with Gasteiger partial charge in [-0.05, 0) is 44.1 Å². The number of hydrogen-bond donors (Lipinski definition) is 2. The summed E-state index contributed by atoms with van der Waals surface area (Å²) in [5.41, 5.74) is 0.753. The third-order valence-corrected chi connectivity index (χ3v) is 7.64. The molecule has 2 fully saturated rings. The van der Waals surface area contributed by atoms with E-state index in [1.807, 2.05) is 13.0 Å². The number of carbonyl (C=O) groups is 2. The molecule has 2 saturated heterocycles. The zero-order valence-electron chi connectivity index (χ0n) is 18.7. The second kappa shape index (κ2) is 8.43. The fraction of sp³-hybridized carbons (Fsp3) is 0.682. The Morgan fingerprint density at radius 1 is 1.26 bits per heavy atom. The Kier molecular flexibility index (Phi) is 6.00. The van der Waals surface area contributed by atoms with E-state index in [1.54, 1.807) is 0 Å². The van der Waals surface area contributed by atoms with Gasteiger partial charge in [-0.3, -0.25) is 9.48 Å². The molecule has 0 saturated carbocycles. The fourth-order valence-corrected chi connectivity index (χ4v) is 5.90. The lowest BCUT2D eigenvalue weighted by Gasteiger charge is -2.44. The first-order valence-corrected chi connectivity index (χ1v) is 11.8. The van der Waals surface area contributed by atoms with Crippen molar-refractivity contribution in [3.63, 3.8) is 0 Å². The van der Waals surface area contributed by atoms with Crippen LogP contribution in [-0.2, 0) is 4.74 Å². The van der Waals surface area contributed by atoms with Gasteiger partial charge in [0, 0.05) is 37.2 Å². The van der Waals surface area contributed by atoms with Crippen LogP contribution in [0, 0.1) is 12.3 Å². The van der Waals surface area contributed by atoms with Gasteiger partial charge in [0.1, 0.15) is 4.83 Å². The van der Waals surface area contributed by atoms with Gasteiger partial charge in [-0.25, -0.2) is 4.79 Å². The monoisotopic (exact) mass is 448 g/mol. The van der Waals surface area contributed by atoms with E-state index in [0.29, 0.717) is 30.3 Å². The van der Waals surface area contributed by atoms with E-state index in [0.717, 1.165) is 42.0 Å². The van der Waals surface area contributed by atoms with Crippen molar-refractivity contribution in [2.75, 3.05) is 19.8 Å². The number of aromatic nitrogens is 2. The first kappa shape index (κ1) is 22.1. The minimum Gasteiger partial charge on any atom is -0.465 e. The highest BCUT2D eigenvalue weighted by atomic mass is 32.1. The summed E-state index contributed by atoms with van der Waals surface area (Å²) < 4.78 is 7.56. The Balaban J connectivity index is 1.50. The molecule has 2 N–H and O–H groups in total.